The number of hydrogen-bond donors (Lipinski definition) is 4. The number of carbonyl (C=O) groups excluding carboxylic acids is 2. The molecule has 0 radical (unpaired) electrons. The van der Waals surface area contributed by atoms with Gasteiger partial charge >= 0.3 is 12.1 Å². The molecule has 0 saturated heterocycles. The van der Waals surface area contributed by atoms with Gasteiger partial charge in [-0.3, -0.25) is 4.79 Å². The van der Waals surface area contributed by atoms with E-state index in [2.05, 4.69) is 29.5 Å². The molecular weight excluding hydrogens is 422 g/mol. The number of ether oxygens (including phenoxy) is 1. The van der Waals surface area contributed by atoms with Crippen LogP contribution in [0.3, 0.4) is 0 Å². The Morgan fingerprint density at radius 3 is 2.48 bits per heavy atom. The lowest BCUT2D eigenvalue weighted by atomic mass is 10.0. The Balaban J connectivity index is 2.06. The van der Waals surface area contributed by atoms with E-state index < -0.39 is 18.1 Å². The Labute approximate surface area is 194 Å². The summed E-state index contributed by atoms with van der Waals surface area (Å²) < 4.78 is 4.96. The van der Waals surface area contributed by atoms with Gasteiger partial charge in [-0.15, -0.1) is 0 Å². The van der Waals surface area contributed by atoms with Crippen LogP contribution in [0.1, 0.15) is 42.1 Å². The number of anilines is 2. The fourth-order valence-corrected chi connectivity index (χ4v) is 3.13. The summed E-state index contributed by atoms with van der Waals surface area (Å²) in [5.74, 6) is -1.30. The normalized spacial score (nSPS) is 11.2. The van der Waals surface area contributed by atoms with E-state index in [1.165, 1.54) is 12.1 Å². The van der Waals surface area contributed by atoms with Crippen LogP contribution in [0.15, 0.2) is 61.2 Å². The summed E-state index contributed by atoms with van der Waals surface area (Å²) in [6.45, 7) is 6.18. The van der Waals surface area contributed by atoms with E-state index >= 15 is 0 Å². The molecule has 1 unspecified atom stereocenters. The number of unbranched alkanes of at least 4 members (excludes halogenated alkanes) is 2. The van der Waals surface area contributed by atoms with E-state index in [9.17, 15) is 19.5 Å². The minimum Gasteiger partial charge on any atom is -0.478 e. The van der Waals surface area contributed by atoms with Crippen LogP contribution in [0.5, 0.6) is 0 Å². The third-order valence-corrected chi connectivity index (χ3v) is 4.85. The lowest BCUT2D eigenvalue weighted by molar-refractivity contribution is -0.123. The van der Waals surface area contributed by atoms with Crippen LogP contribution in [0, 0.1) is 0 Å². The van der Waals surface area contributed by atoms with Crippen LogP contribution in [0.4, 0.5) is 16.2 Å². The molecule has 8 heteroatoms. The number of alkyl carbamates (subject to hydrolysis) is 1. The van der Waals surface area contributed by atoms with E-state index in [-0.39, 0.29) is 24.5 Å². The average molecular weight is 454 g/mol. The van der Waals surface area contributed by atoms with Gasteiger partial charge in [0.05, 0.1) is 11.3 Å². The van der Waals surface area contributed by atoms with Gasteiger partial charge in [0.1, 0.15) is 12.6 Å². The van der Waals surface area contributed by atoms with Crippen molar-refractivity contribution in [2.75, 3.05) is 18.5 Å². The number of amides is 2. The molecule has 0 spiro atoms. The summed E-state index contributed by atoms with van der Waals surface area (Å²) in [6.07, 6.45) is 3.96. The maximum absolute atomic E-state index is 12.7. The molecule has 8 nitrogen and oxygen atoms in total. The first-order chi connectivity index (χ1) is 15.9. The Bertz CT molecular complexity index is 943. The molecule has 2 aromatic rings. The number of benzene rings is 2. The highest BCUT2D eigenvalue weighted by molar-refractivity contribution is 5.95. The van der Waals surface area contributed by atoms with E-state index in [0.717, 1.165) is 24.8 Å². The maximum Gasteiger partial charge on any atom is 0.408 e. The number of aromatic carboxylic acids is 1. The molecule has 1 atom stereocenters. The molecule has 2 aromatic carbocycles. The van der Waals surface area contributed by atoms with Crippen molar-refractivity contribution in [2.24, 2.45) is 0 Å². The standard InChI is InChI=1S/C25H31N3O5/c1-3-5-8-15-26-23(29)22(28-25(32)33-16-4-2)17-18-11-13-19(14-12-18)27-21-10-7-6-9-20(21)24(30)31/h4,6-7,9-14,22,27H,2-3,5,8,15-17H2,1H3,(H,26,29)(H,28,32)(H,30,31). The minimum atomic E-state index is -1.02. The summed E-state index contributed by atoms with van der Waals surface area (Å²) in [4.78, 5) is 36.1. The zero-order valence-electron chi connectivity index (χ0n) is 18.8. The first-order valence-electron chi connectivity index (χ1n) is 10.9. The smallest absolute Gasteiger partial charge is 0.408 e. The minimum absolute atomic E-state index is 0.0505. The fraction of sp³-hybridized carbons (Fsp3) is 0.320. The quantitative estimate of drug-likeness (QED) is 0.266. The third-order valence-electron chi connectivity index (χ3n) is 4.85. The summed E-state index contributed by atoms with van der Waals surface area (Å²) in [7, 11) is 0. The number of carboxylic acids is 1. The predicted octanol–water partition coefficient (Wildman–Crippen LogP) is 4.26. The van der Waals surface area contributed by atoms with E-state index in [1.807, 2.05) is 12.1 Å². The van der Waals surface area contributed by atoms with Gasteiger partial charge in [-0.1, -0.05) is 56.7 Å². The van der Waals surface area contributed by atoms with Crippen molar-refractivity contribution in [3.63, 3.8) is 0 Å². The van der Waals surface area contributed by atoms with Crippen LogP contribution >= 0.6 is 0 Å². The van der Waals surface area contributed by atoms with Gasteiger partial charge in [0.15, 0.2) is 0 Å². The third kappa shape index (κ3) is 8.68. The second-order valence-corrected chi connectivity index (χ2v) is 7.46. The molecule has 176 valence electrons. The zero-order valence-corrected chi connectivity index (χ0v) is 18.8. The van der Waals surface area contributed by atoms with Gasteiger partial charge in [-0.2, -0.15) is 0 Å². The predicted molar refractivity (Wildman–Crippen MR) is 128 cm³/mol. The Hall–Kier alpha value is -3.81. The number of carboxylic acid groups (broad SMARTS) is 1. The summed E-state index contributed by atoms with van der Waals surface area (Å²) in [5, 5.41) is 17.9. The van der Waals surface area contributed by atoms with Gasteiger partial charge in [0, 0.05) is 18.7 Å². The Kier molecular flexibility index (Phi) is 10.5. The fourth-order valence-electron chi connectivity index (χ4n) is 3.13. The highest BCUT2D eigenvalue weighted by atomic mass is 16.5. The van der Waals surface area contributed by atoms with Crippen molar-refractivity contribution in [3.05, 3.63) is 72.3 Å². The molecule has 0 aliphatic heterocycles. The van der Waals surface area contributed by atoms with Crippen LogP contribution in [0.2, 0.25) is 0 Å². The molecule has 33 heavy (non-hydrogen) atoms. The summed E-state index contributed by atoms with van der Waals surface area (Å²) >= 11 is 0. The van der Waals surface area contributed by atoms with Crippen LogP contribution < -0.4 is 16.0 Å². The van der Waals surface area contributed by atoms with Crippen molar-refractivity contribution < 1.29 is 24.2 Å². The van der Waals surface area contributed by atoms with Gasteiger partial charge in [0.2, 0.25) is 5.91 Å². The van der Waals surface area contributed by atoms with Crippen LogP contribution in [0.25, 0.3) is 0 Å². The molecule has 4 N–H and O–H groups in total. The highest BCUT2D eigenvalue weighted by Crippen LogP contribution is 2.21. The van der Waals surface area contributed by atoms with Gasteiger partial charge in [0.25, 0.3) is 0 Å². The number of rotatable bonds is 13. The van der Waals surface area contributed by atoms with Gasteiger partial charge in [-0.25, -0.2) is 9.59 Å². The molecular formula is C25H31N3O5. The molecule has 0 bridgehead atoms. The van der Waals surface area contributed by atoms with Crippen molar-refractivity contribution >= 4 is 29.3 Å². The number of nitrogens with one attached hydrogen (secondary N) is 3. The van der Waals surface area contributed by atoms with Gasteiger partial charge in [-0.05, 0) is 36.2 Å². The summed E-state index contributed by atoms with van der Waals surface area (Å²) in [6, 6.07) is 13.1. The molecule has 0 heterocycles. The second kappa shape index (κ2) is 13.6. The first kappa shape index (κ1) is 25.5. The largest absolute Gasteiger partial charge is 0.478 e. The monoisotopic (exact) mass is 453 g/mol. The van der Waals surface area contributed by atoms with Crippen LogP contribution in [-0.4, -0.2) is 42.3 Å². The number of para-hydroxylation sites is 1. The van der Waals surface area contributed by atoms with Crippen molar-refractivity contribution in [3.8, 4) is 0 Å². The zero-order chi connectivity index (χ0) is 24.1. The van der Waals surface area contributed by atoms with Crippen molar-refractivity contribution in [2.45, 2.75) is 38.6 Å². The van der Waals surface area contributed by atoms with Crippen molar-refractivity contribution in [1.29, 1.82) is 0 Å². The molecule has 0 fully saturated rings. The van der Waals surface area contributed by atoms with Crippen LogP contribution in [-0.2, 0) is 16.0 Å². The Morgan fingerprint density at radius 1 is 1.09 bits per heavy atom. The maximum atomic E-state index is 12.7. The Morgan fingerprint density at radius 2 is 1.82 bits per heavy atom. The molecule has 0 aliphatic rings. The second-order valence-electron chi connectivity index (χ2n) is 7.46. The molecule has 0 saturated carbocycles. The topological polar surface area (TPSA) is 117 Å². The van der Waals surface area contributed by atoms with E-state index in [0.29, 0.717) is 17.9 Å². The lowest BCUT2D eigenvalue weighted by Gasteiger charge is -2.18. The molecule has 2 amide bonds. The SMILES string of the molecule is C=CCOC(=O)NC(Cc1ccc(Nc2ccccc2C(=O)O)cc1)C(=O)NCCCCC. The lowest BCUT2D eigenvalue weighted by Crippen LogP contribution is -2.48. The van der Waals surface area contributed by atoms with Crippen molar-refractivity contribution in [1.82, 2.24) is 10.6 Å². The number of hydrogen-bond acceptors (Lipinski definition) is 5. The van der Waals surface area contributed by atoms with E-state index in [4.69, 9.17) is 4.74 Å². The number of carbonyl (C=O) groups is 3. The summed E-state index contributed by atoms with van der Waals surface area (Å²) in [5.41, 5.74) is 2.17. The van der Waals surface area contributed by atoms with Gasteiger partial charge < -0.3 is 25.8 Å². The highest BCUT2D eigenvalue weighted by Gasteiger charge is 2.21. The molecule has 0 aliphatic carbocycles. The molecule has 0 aromatic heterocycles. The average Bonchev–Trinajstić information content (AvgIpc) is 2.81. The van der Waals surface area contributed by atoms with E-state index in [1.54, 1.807) is 30.3 Å². The first-order valence-corrected chi connectivity index (χ1v) is 10.9. The molecule has 2 rings (SSSR count).